The predicted molar refractivity (Wildman–Crippen MR) is 95.3 cm³/mol. The molecule has 3 rings (SSSR count). The van der Waals surface area contributed by atoms with Crippen LogP contribution in [0.2, 0.25) is 0 Å². The molecule has 2 aromatic heterocycles. The summed E-state index contributed by atoms with van der Waals surface area (Å²) >= 11 is 5.09. The second kappa shape index (κ2) is 5.65. The molecule has 3 heterocycles. The van der Waals surface area contributed by atoms with E-state index in [2.05, 4.69) is 41.7 Å². The third kappa shape index (κ3) is 3.24. The van der Waals surface area contributed by atoms with Gasteiger partial charge in [-0.15, -0.1) is 11.3 Å². The summed E-state index contributed by atoms with van der Waals surface area (Å²) in [6.07, 6.45) is 1.05. The van der Waals surface area contributed by atoms with Crippen molar-refractivity contribution in [3.63, 3.8) is 0 Å². The maximum absolute atomic E-state index is 12.7. The van der Waals surface area contributed by atoms with Gasteiger partial charge in [0.05, 0.1) is 14.0 Å². The Hall–Kier alpha value is -0.850. The lowest BCUT2D eigenvalue weighted by Gasteiger charge is -2.24. The van der Waals surface area contributed by atoms with Crippen LogP contribution in [0.3, 0.4) is 0 Å². The summed E-state index contributed by atoms with van der Waals surface area (Å²) in [5.74, 6) is 0.445. The molecule has 1 amide bonds. The molecule has 0 aromatic carbocycles. The van der Waals surface area contributed by atoms with Gasteiger partial charge in [0.1, 0.15) is 5.69 Å². The number of carbonyl (C=O) groups excluding carboxylic acids is 1. The summed E-state index contributed by atoms with van der Waals surface area (Å²) in [6, 6.07) is 4.03. The zero-order valence-corrected chi connectivity index (χ0v) is 15.6. The molecule has 2 atom stereocenters. The minimum Gasteiger partial charge on any atom is -0.350 e. The highest BCUT2D eigenvalue weighted by Gasteiger charge is 2.35. The van der Waals surface area contributed by atoms with Crippen molar-refractivity contribution < 1.29 is 4.79 Å². The van der Waals surface area contributed by atoms with Gasteiger partial charge in [0.2, 0.25) is 0 Å². The summed E-state index contributed by atoms with van der Waals surface area (Å²) in [7, 11) is 0. The van der Waals surface area contributed by atoms with Crippen LogP contribution in [0.5, 0.6) is 0 Å². The molecule has 1 saturated heterocycles. The van der Waals surface area contributed by atoms with E-state index in [0.717, 1.165) is 27.0 Å². The van der Waals surface area contributed by atoms with Crippen molar-refractivity contribution in [2.24, 2.45) is 17.1 Å². The number of carbonyl (C=O) groups is 1. The van der Waals surface area contributed by atoms with Crippen LogP contribution in [0.4, 0.5) is 0 Å². The van der Waals surface area contributed by atoms with E-state index in [-0.39, 0.29) is 17.4 Å². The molecule has 0 bridgehead atoms. The second-order valence-corrected chi connectivity index (χ2v) is 9.87. The number of aromatic amines is 1. The molecule has 6 heteroatoms. The maximum Gasteiger partial charge on any atom is 0.270 e. The largest absolute Gasteiger partial charge is 0.350 e. The number of thiophene rings is 1. The Bertz CT molecular complexity index is 668. The molecule has 0 saturated carbocycles. The van der Waals surface area contributed by atoms with Gasteiger partial charge in [-0.25, -0.2) is 0 Å². The molecule has 2 aromatic rings. The van der Waals surface area contributed by atoms with E-state index < -0.39 is 0 Å². The van der Waals surface area contributed by atoms with E-state index in [1.54, 1.807) is 11.3 Å². The highest BCUT2D eigenvalue weighted by Crippen LogP contribution is 2.32. The van der Waals surface area contributed by atoms with Crippen LogP contribution in [-0.2, 0) is 0 Å². The van der Waals surface area contributed by atoms with E-state index in [4.69, 9.17) is 5.73 Å². The van der Waals surface area contributed by atoms with Gasteiger partial charge in [-0.05, 0) is 45.8 Å². The Morgan fingerprint density at radius 2 is 2.18 bits per heavy atom. The average molecular weight is 384 g/mol. The number of halogens is 1. The van der Waals surface area contributed by atoms with Crippen LogP contribution in [0.25, 0.3) is 10.2 Å². The lowest BCUT2D eigenvalue weighted by atomic mass is 9.83. The van der Waals surface area contributed by atoms with E-state index in [9.17, 15) is 4.79 Å². The van der Waals surface area contributed by atoms with Gasteiger partial charge in [0, 0.05) is 19.1 Å². The minimum absolute atomic E-state index is 0.0615. The summed E-state index contributed by atoms with van der Waals surface area (Å²) in [6.45, 7) is 8.08. The fourth-order valence-corrected chi connectivity index (χ4v) is 4.78. The van der Waals surface area contributed by atoms with Gasteiger partial charge in [0.15, 0.2) is 0 Å². The first-order valence-electron chi connectivity index (χ1n) is 7.56. The lowest BCUT2D eigenvalue weighted by molar-refractivity contribution is 0.0778. The van der Waals surface area contributed by atoms with Crippen molar-refractivity contribution in [1.29, 1.82) is 0 Å². The van der Waals surface area contributed by atoms with Gasteiger partial charge in [-0.2, -0.15) is 0 Å². The summed E-state index contributed by atoms with van der Waals surface area (Å²) < 4.78 is 2.17. The summed E-state index contributed by atoms with van der Waals surface area (Å²) in [5, 5.41) is 0. The van der Waals surface area contributed by atoms with Crippen molar-refractivity contribution in [1.82, 2.24) is 9.88 Å². The Kier molecular flexibility index (Phi) is 4.12. The van der Waals surface area contributed by atoms with Crippen molar-refractivity contribution in [2.45, 2.75) is 33.2 Å². The van der Waals surface area contributed by atoms with Crippen LogP contribution in [-0.4, -0.2) is 34.9 Å². The molecule has 0 aliphatic carbocycles. The van der Waals surface area contributed by atoms with Gasteiger partial charge in [-0.3, -0.25) is 4.79 Å². The molecule has 3 N–H and O–H groups in total. The van der Waals surface area contributed by atoms with E-state index in [1.165, 1.54) is 0 Å². The number of aromatic nitrogens is 1. The topological polar surface area (TPSA) is 62.1 Å². The van der Waals surface area contributed by atoms with Crippen molar-refractivity contribution in [2.75, 3.05) is 13.1 Å². The standard InChI is InChI=1S/C16H22BrN3OS/c1-16(2,3)6-9-7-20(8-10(9)18)15(21)12-4-13-11(19-12)5-14(17)22-13/h4-5,9-10,19H,6-8,18H2,1-3H3/t9-,10-/m1/s1. The van der Waals surface area contributed by atoms with Crippen molar-refractivity contribution in [3.8, 4) is 0 Å². The van der Waals surface area contributed by atoms with Crippen LogP contribution in [0, 0.1) is 11.3 Å². The van der Waals surface area contributed by atoms with Gasteiger partial charge in [-0.1, -0.05) is 20.8 Å². The Morgan fingerprint density at radius 1 is 1.45 bits per heavy atom. The highest BCUT2D eigenvalue weighted by molar-refractivity contribution is 9.11. The smallest absolute Gasteiger partial charge is 0.270 e. The first-order valence-corrected chi connectivity index (χ1v) is 9.17. The molecule has 4 nitrogen and oxygen atoms in total. The Labute approximate surface area is 143 Å². The number of H-pyrrole nitrogens is 1. The molecule has 1 aliphatic rings. The lowest BCUT2D eigenvalue weighted by Crippen LogP contribution is -2.33. The Balaban J connectivity index is 1.74. The number of hydrogen-bond acceptors (Lipinski definition) is 3. The third-order valence-electron chi connectivity index (χ3n) is 4.16. The van der Waals surface area contributed by atoms with E-state index in [1.807, 2.05) is 17.0 Å². The molecule has 120 valence electrons. The molecule has 0 radical (unpaired) electrons. The van der Waals surface area contributed by atoms with Crippen LogP contribution in [0.15, 0.2) is 15.9 Å². The number of fused-ring (bicyclic) bond motifs is 1. The first-order chi connectivity index (χ1) is 10.2. The molecular formula is C16H22BrN3OS. The molecule has 1 fully saturated rings. The van der Waals surface area contributed by atoms with Crippen LogP contribution >= 0.6 is 27.3 Å². The SMILES string of the molecule is CC(C)(C)C[C@@H]1CN(C(=O)c2cc3sc(Br)cc3[nH]2)C[C@H]1N. The molecule has 0 unspecified atom stereocenters. The van der Waals surface area contributed by atoms with Gasteiger partial charge in [0.25, 0.3) is 5.91 Å². The zero-order chi connectivity index (χ0) is 16.1. The van der Waals surface area contributed by atoms with Gasteiger partial charge < -0.3 is 15.6 Å². The third-order valence-corrected chi connectivity index (χ3v) is 5.74. The molecule has 1 aliphatic heterocycles. The zero-order valence-electron chi connectivity index (χ0n) is 13.1. The minimum atomic E-state index is 0.0615. The van der Waals surface area contributed by atoms with Crippen LogP contribution in [0.1, 0.15) is 37.7 Å². The van der Waals surface area contributed by atoms with E-state index >= 15 is 0 Å². The number of rotatable bonds is 2. The number of hydrogen-bond donors (Lipinski definition) is 2. The summed E-state index contributed by atoms with van der Waals surface area (Å²) in [5.41, 5.74) is 8.17. The fraction of sp³-hybridized carbons (Fsp3) is 0.562. The quantitative estimate of drug-likeness (QED) is 0.827. The van der Waals surface area contributed by atoms with Gasteiger partial charge >= 0.3 is 0 Å². The number of nitrogens with zero attached hydrogens (tertiary/aromatic N) is 1. The molecule has 22 heavy (non-hydrogen) atoms. The monoisotopic (exact) mass is 383 g/mol. The number of amides is 1. The number of nitrogens with one attached hydrogen (secondary N) is 1. The second-order valence-electron chi connectivity index (χ2n) is 7.41. The van der Waals surface area contributed by atoms with Crippen LogP contribution < -0.4 is 5.73 Å². The number of nitrogens with two attached hydrogens (primary N) is 1. The summed E-state index contributed by atoms with van der Waals surface area (Å²) in [4.78, 5) is 17.8. The van der Waals surface area contributed by atoms with Crippen molar-refractivity contribution in [3.05, 3.63) is 21.6 Å². The highest BCUT2D eigenvalue weighted by atomic mass is 79.9. The van der Waals surface area contributed by atoms with Crippen molar-refractivity contribution >= 4 is 43.4 Å². The maximum atomic E-state index is 12.7. The Morgan fingerprint density at radius 3 is 2.82 bits per heavy atom. The molecular weight excluding hydrogens is 362 g/mol. The normalized spacial score (nSPS) is 22.7. The predicted octanol–water partition coefficient (Wildman–Crippen LogP) is 3.83. The average Bonchev–Trinajstić information content (AvgIpc) is 3.00. The fourth-order valence-electron chi connectivity index (χ4n) is 3.24. The van der Waals surface area contributed by atoms with E-state index in [0.29, 0.717) is 18.2 Å². The molecule has 0 spiro atoms. The first kappa shape index (κ1) is 16.0. The number of likely N-dealkylation sites (tertiary alicyclic amines) is 1.